The molecule has 1 fully saturated rings. The molecule has 5 heteroatoms. The first-order valence-electron chi connectivity index (χ1n) is 6.55. The maximum absolute atomic E-state index is 11.6. The van der Waals surface area contributed by atoms with Crippen molar-refractivity contribution in [3.8, 4) is 0 Å². The lowest BCUT2D eigenvalue weighted by Crippen LogP contribution is -2.49. The Kier molecular flexibility index (Phi) is 4.59. The minimum Gasteiger partial charge on any atom is -0.480 e. The number of hydrogen-bond donors (Lipinski definition) is 3. The van der Waals surface area contributed by atoms with Gasteiger partial charge in [-0.25, -0.2) is 9.59 Å². The molecule has 2 unspecified atom stereocenters. The zero-order valence-corrected chi connectivity index (χ0v) is 11.6. The lowest BCUT2D eigenvalue weighted by atomic mass is 9.99. The van der Waals surface area contributed by atoms with E-state index in [1.165, 1.54) is 0 Å². The van der Waals surface area contributed by atoms with Crippen molar-refractivity contribution in [2.75, 3.05) is 6.54 Å². The largest absolute Gasteiger partial charge is 0.480 e. The Balaban J connectivity index is 2.35. The van der Waals surface area contributed by atoms with Gasteiger partial charge in [-0.3, -0.25) is 0 Å². The van der Waals surface area contributed by atoms with Gasteiger partial charge in [-0.1, -0.05) is 34.1 Å². The van der Waals surface area contributed by atoms with Gasteiger partial charge in [0.2, 0.25) is 0 Å². The van der Waals surface area contributed by atoms with Crippen LogP contribution in [0.25, 0.3) is 0 Å². The molecule has 1 aliphatic carbocycles. The Morgan fingerprint density at radius 3 is 2.39 bits per heavy atom. The lowest BCUT2D eigenvalue weighted by molar-refractivity contribution is -0.140. The van der Waals surface area contributed by atoms with Gasteiger partial charge >= 0.3 is 12.0 Å². The monoisotopic (exact) mass is 256 g/mol. The highest BCUT2D eigenvalue weighted by atomic mass is 16.4. The van der Waals surface area contributed by atoms with Crippen LogP contribution in [0.1, 0.15) is 40.5 Å². The summed E-state index contributed by atoms with van der Waals surface area (Å²) in [6.07, 6.45) is 1.83. The van der Waals surface area contributed by atoms with Crippen molar-refractivity contribution < 1.29 is 14.7 Å². The molecular weight excluding hydrogens is 232 g/mol. The fourth-order valence-corrected chi connectivity index (χ4v) is 2.02. The van der Waals surface area contributed by atoms with Crippen molar-refractivity contribution in [3.63, 3.8) is 0 Å². The SMILES string of the molecule is CCC(C)[C@H](NC(=O)NCC1CC1(C)C)C(=O)O. The number of carbonyl (C=O) groups is 2. The molecule has 0 heterocycles. The maximum Gasteiger partial charge on any atom is 0.326 e. The number of hydrogen-bond acceptors (Lipinski definition) is 2. The smallest absolute Gasteiger partial charge is 0.326 e. The van der Waals surface area contributed by atoms with E-state index in [1.807, 2.05) is 13.8 Å². The number of urea groups is 1. The lowest BCUT2D eigenvalue weighted by Gasteiger charge is -2.20. The highest BCUT2D eigenvalue weighted by molar-refractivity contribution is 5.82. The van der Waals surface area contributed by atoms with Crippen molar-refractivity contribution in [3.05, 3.63) is 0 Å². The number of carboxylic acids is 1. The Labute approximate surface area is 108 Å². The zero-order valence-electron chi connectivity index (χ0n) is 11.6. The van der Waals surface area contributed by atoms with E-state index in [9.17, 15) is 9.59 Å². The molecule has 2 amide bonds. The van der Waals surface area contributed by atoms with Gasteiger partial charge < -0.3 is 15.7 Å². The molecule has 3 N–H and O–H groups in total. The van der Waals surface area contributed by atoms with Gasteiger partial charge in [-0.15, -0.1) is 0 Å². The molecule has 0 aromatic rings. The molecule has 1 saturated carbocycles. The van der Waals surface area contributed by atoms with Crippen LogP contribution in [0.15, 0.2) is 0 Å². The van der Waals surface area contributed by atoms with E-state index in [4.69, 9.17) is 5.11 Å². The highest BCUT2D eigenvalue weighted by Crippen LogP contribution is 2.50. The van der Waals surface area contributed by atoms with E-state index in [1.54, 1.807) is 0 Å². The third-order valence-electron chi connectivity index (χ3n) is 3.99. The standard InChI is InChI=1S/C13H24N2O3/c1-5-8(2)10(11(16)17)15-12(18)14-7-9-6-13(9,3)4/h8-10H,5-7H2,1-4H3,(H,16,17)(H2,14,15,18)/t8?,9?,10-/m0/s1. The van der Waals surface area contributed by atoms with Gasteiger partial charge in [0.25, 0.3) is 0 Å². The van der Waals surface area contributed by atoms with Gasteiger partial charge in [0.05, 0.1) is 0 Å². The molecule has 0 saturated heterocycles. The number of carbonyl (C=O) groups excluding carboxylic acids is 1. The van der Waals surface area contributed by atoms with Gasteiger partial charge in [0.1, 0.15) is 6.04 Å². The molecule has 0 aromatic carbocycles. The molecule has 3 atom stereocenters. The molecule has 104 valence electrons. The molecule has 18 heavy (non-hydrogen) atoms. The molecule has 5 nitrogen and oxygen atoms in total. The zero-order chi connectivity index (χ0) is 13.9. The Hall–Kier alpha value is -1.26. The number of carboxylic acid groups (broad SMARTS) is 1. The third-order valence-corrected chi connectivity index (χ3v) is 3.99. The predicted octanol–water partition coefficient (Wildman–Crippen LogP) is 1.83. The number of nitrogens with one attached hydrogen (secondary N) is 2. The molecule has 1 aliphatic rings. The molecule has 1 rings (SSSR count). The van der Waals surface area contributed by atoms with E-state index in [0.29, 0.717) is 24.3 Å². The predicted molar refractivity (Wildman–Crippen MR) is 69.3 cm³/mol. The van der Waals surface area contributed by atoms with Gasteiger partial charge in [0, 0.05) is 6.54 Å². The minimum absolute atomic E-state index is 0.0781. The van der Waals surface area contributed by atoms with Crippen LogP contribution in [0, 0.1) is 17.3 Å². The summed E-state index contributed by atoms with van der Waals surface area (Å²) in [6.45, 7) is 8.68. The topological polar surface area (TPSA) is 78.4 Å². The van der Waals surface area contributed by atoms with Crippen molar-refractivity contribution >= 4 is 12.0 Å². The van der Waals surface area contributed by atoms with Gasteiger partial charge in [-0.05, 0) is 23.7 Å². The quantitative estimate of drug-likeness (QED) is 0.678. The normalized spacial score (nSPS) is 23.9. The van der Waals surface area contributed by atoms with E-state index in [-0.39, 0.29) is 11.9 Å². The summed E-state index contributed by atoms with van der Waals surface area (Å²) in [4.78, 5) is 22.7. The number of aliphatic carboxylic acids is 1. The Morgan fingerprint density at radius 2 is 2.00 bits per heavy atom. The van der Waals surface area contributed by atoms with Crippen LogP contribution in [0.4, 0.5) is 4.79 Å². The molecule has 0 radical (unpaired) electrons. The van der Waals surface area contributed by atoms with Crippen LogP contribution in [-0.2, 0) is 4.79 Å². The molecule has 0 aromatic heterocycles. The first kappa shape index (κ1) is 14.8. The van der Waals surface area contributed by atoms with Crippen molar-refractivity contribution in [2.24, 2.45) is 17.3 Å². The summed E-state index contributed by atoms with van der Waals surface area (Å²) in [6, 6.07) is -1.20. The molecule has 0 bridgehead atoms. The second kappa shape index (κ2) is 5.59. The van der Waals surface area contributed by atoms with Crippen LogP contribution in [0.3, 0.4) is 0 Å². The van der Waals surface area contributed by atoms with Gasteiger partial charge in [0.15, 0.2) is 0 Å². The van der Waals surface area contributed by atoms with Crippen molar-refractivity contribution in [1.82, 2.24) is 10.6 Å². The third kappa shape index (κ3) is 3.89. The molecule has 0 aliphatic heterocycles. The summed E-state index contributed by atoms with van der Waals surface area (Å²) >= 11 is 0. The first-order chi connectivity index (χ1) is 8.27. The Morgan fingerprint density at radius 1 is 1.44 bits per heavy atom. The van der Waals surface area contributed by atoms with Crippen LogP contribution in [0.2, 0.25) is 0 Å². The van der Waals surface area contributed by atoms with E-state index in [2.05, 4.69) is 24.5 Å². The van der Waals surface area contributed by atoms with Crippen LogP contribution < -0.4 is 10.6 Å². The van der Waals surface area contributed by atoms with Crippen LogP contribution >= 0.6 is 0 Å². The maximum atomic E-state index is 11.6. The second-order valence-corrected chi connectivity index (χ2v) is 5.95. The van der Waals surface area contributed by atoms with Crippen LogP contribution in [-0.4, -0.2) is 29.7 Å². The van der Waals surface area contributed by atoms with E-state index in [0.717, 1.165) is 6.42 Å². The van der Waals surface area contributed by atoms with E-state index < -0.39 is 12.0 Å². The van der Waals surface area contributed by atoms with Crippen molar-refractivity contribution in [1.29, 1.82) is 0 Å². The number of amides is 2. The summed E-state index contributed by atoms with van der Waals surface area (Å²) in [5, 5.41) is 14.3. The fourth-order valence-electron chi connectivity index (χ4n) is 2.02. The Bertz CT molecular complexity index is 328. The summed E-state index contributed by atoms with van der Waals surface area (Å²) < 4.78 is 0. The van der Waals surface area contributed by atoms with Crippen LogP contribution in [0.5, 0.6) is 0 Å². The first-order valence-corrected chi connectivity index (χ1v) is 6.55. The van der Waals surface area contributed by atoms with Gasteiger partial charge in [-0.2, -0.15) is 0 Å². The van der Waals surface area contributed by atoms with E-state index >= 15 is 0 Å². The fraction of sp³-hybridized carbons (Fsp3) is 0.846. The number of rotatable bonds is 6. The summed E-state index contributed by atoms with van der Waals surface area (Å²) in [5.74, 6) is -0.549. The van der Waals surface area contributed by atoms with Crippen molar-refractivity contribution in [2.45, 2.75) is 46.6 Å². The second-order valence-electron chi connectivity index (χ2n) is 5.95. The average molecular weight is 256 g/mol. The summed E-state index contributed by atoms with van der Waals surface area (Å²) in [7, 11) is 0. The molecule has 0 spiro atoms. The molecular formula is C13H24N2O3. The highest BCUT2D eigenvalue weighted by Gasteiger charge is 2.45. The average Bonchev–Trinajstić information content (AvgIpc) is 2.90. The minimum atomic E-state index is -0.980. The summed E-state index contributed by atoms with van der Waals surface area (Å²) in [5.41, 5.74) is 0.316.